The Morgan fingerprint density at radius 2 is 2.07 bits per heavy atom. The van der Waals surface area contributed by atoms with Crippen molar-refractivity contribution in [3.63, 3.8) is 0 Å². The van der Waals surface area contributed by atoms with Gasteiger partial charge in [0.1, 0.15) is 11.6 Å². The zero-order valence-electron chi connectivity index (χ0n) is 14.8. The maximum atomic E-state index is 13.0. The van der Waals surface area contributed by atoms with Gasteiger partial charge in [-0.2, -0.15) is 0 Å². The van der Waals surface area contributed by atoms with Crippen LogP contribution in [0.2, 0.25) is 0 Å². The topological polar surface area (TPSA) is 59.2 Å². The van der Waals surface area contributed by atoms with E-state index >= 15 is 0 Å². The molecular weight excluding hydrogens is 345 g/mol. The molecule has 0 N–H and O–H groups in total. The average molecular weight is 365 g/mol. The van der Waals surface area contributed by atoms with Gasteiger partial charge >= 0.3 is 0 Å². The predicted octanol–water partition coefficient (Wildman–Crippen LogP) is 3.82. The summed E-state index contributed by atoms with van der Waals surface area (Å²) in [6, 6.07) is 9.92. The van der Waals surface area contributed by atoms with Crippen molar-refractivity contribution < 1.29 is 13.6 Å². The Bertz CT molecular complexity index is 909. The van der Waals surface area contributed by atoms with Gasteiger partial charge in [0.2, 0.25) is 0 Å². The molecule has 1 aromatic carbocycles. The van der Waals surface area contributed by atoms with Crippen molar-refractivity contribution in [2.45, 2.75) is 25.2 Å². The fourth-order valence-electron chi connectivity index (χ4n) is 3.43. The molecule has 1 unspecified atom stereocenters. The number of hydrogen-bond acceptors (Lipinski definition) is 4. The maximum absolute atomic E-state index is 13.0. The monoisotopic (exact) mass is 365 g/mol. The molecule has 138 valence electrons. The summed E-state index contributed by atoms with van der Waals surface area (Å²) in [5.74, 6) is 1.23. The van der Waals surface area contributed by atoms with E-state index in [1.165, 1.54) is 12.1 Å². The van der Waals surface area contributed by atoms with Gasteiger partial charge in [-0.05, 0) is 42.7 Å². The molecule has 27 heavy (non-hydrogen) atoms. The van der Waals surface area contributed by atoms with E-state index in [0.717, 1.165) is 30.7 Å². The number of pyridine rings is 1. The number of halogens is 1. The molecule has 1 saturated heterocycles. The summed E-state index contributed by atoms with van der Waals surface area (Å²) in [5, 5.41) is 0. The summed E-state index contributed by atoms with van der Waals surface area (Å²) < 4.78 is 19.0. The van der Waals surface area contributed by atoms with Crippen LogP contribution in [-0.2, 0) is 6.42 Å². The summed E-state index contributed by atoms with van der Waals surface area (Å²) in [4.78, 5) is 23.0. The number of rotatable bonds is 4. The number of benzene rings is 1. The number of carbonyl (C=O) groups is 1. The number of amides is 1. The lowest BCUT2D eigenvalue weighted by atomic mass is 9.97. The molecule has 3 heterocycles. The van der Waals surface area contributed by atoms with E-state index in [1.54, 1.807) is 42.9 Å². The van der Waals surface area contributed by atoms with Crippen molar-refractivity contribution in [1.82, 2.24) is 14.9 Å². The second-order valence-corrected chi connectivity index (χ2v) is 6.80. The molecule has 1 aliphatic heterocycles. The Kier molecular flexibility index (Phi) is 4.96. The molecule has 0 bridgehead atoms. The number of likely N-dealkylation sites (tertiary alicyclic amines) is 1. The van der Waals surface area contributed by atoms with Crippen LogP contribution in [0, 0.1) is 5.82 Å². The molecular formula is C21H20FN3O2. The predicted molar refractivity (Wildman–Crippen MR) is 97.8 cm³/mol. The highest BCUT2D eigenvalue weighted by molar-refractivity contribution is 5.93. The van der Waals surface area contributed by atoms with Gasteiger partial charge in [-0.3, -0.25) is 9.78 Å². The van der Waals surface area contributed by atoms with E-state index in [-0.39, 0.29) is 17.6 Å². The van der Waals surface area contributed by atoms with Gasteiger partial charge in [-0.25, -0.2) is 9.37 Å². The molecule has 0 spiro atoms. The molecule has 0 aliphatic carbocycles. The van der Waals surface area contributed by atoms with Crippen molar-refractivity contribution in [2.75, 3.05) is 13.1 Å². The molecule has 3 aromatic rings. The van der Waals surface area contributed by atoms with Gasteiger partial charge in [0.25, 0.3) is 5.91 Å². The Labute approximate surface area is 156 Å². The van der Waals surface area contributed by atoms with Crippen LogP contribution in [0.25, 0.3) is 0 Å². The third kappa shape index (κ3) is 4.05. The van der Waals surface area contributed by atoms with Crippen molar-refractivity contribution in [2.24, 2.45) is 0 Å². The fourth-order valence-corrected chi connectivity index (χ4v) is 3.43. The molecule has 6 heteroatoms. The van der Waals surface area contributed by atoms with E-state index in [9.17, 15) is 9.18 Å². The SMILES string of the molecule is O=C(c1cccnc1)N1CCCC(c2ncc(Cc3ccc(F)cc3)o2)C1. The zero-order chi connectivity index (χ0) is 18.6. The fraction of sp³-hybridized carbons (Fsp3) is 0.286. The van der Waals surface area contributed by atoms with Crippen molar-refractivity contribution in [3.05, 3.63) is 83.6 Å². The molecule has 1 fully saturated rings. The quantitative estimate of drug-likeness (QED) is 0.705. The highest BCUT2D eigenvalue weighted by Gasteiger charge is 2.28. The van der Waals surface area contributed by atoms with Crippen LogP contribution in [0.5, 0.6) is 0 Å². The first-order valence-electron chi connectivity index (χ1n) is 9.07. The maximum Gasteiger partial charge on any atom is 0.255 e. The van der Waals surface area contributed by atoms with E-state index in [4.69, 9.17) is 4.42 Å². The average Bonchev–Trinajstić information content (AvgIpc) is 3.18. The summed E-state index contributed by atoms with van der Waals surface area (Å²) >= 11 is 0. The van der Waals surface area contributed by atoms with Crippen LogP contribution in [0.4, 0.5) is 4.39 Å². The Morgan fingerprint density at radius 3 is 2.85 bits per heavy atom. The molecule has 1 aliphatic rings. The summed E-state index contributed by atoms with van der Waals surface area (Å²) in [6.45, 7) is 1.32. The van der Waals surface area contributed by atoms with Gasteiger partial charge < -0.3 is 9.32 Å². The normalized spacial score (nSPS) is 17.1. The number of hydrogen-bond donors (Lipinski definition) is 0. The lowest BCUT2D eigenvalue weighted by Gasteiger charge is -2.31. The van der Waals surface area contributed by atoms with E-state index in [2.05, 4.69) is 9.97 Å². The van der Waals surface area contributed by atoms with Crippen LogP contribution < -0.4 is 0 Å². The largest absolute Gasteiger partial charge is 0.445 e. The minimum Gasteiger partial charge on any atom is -0.445 e. The number of nitrogens with zero attached hydrogens (tertiary/aromatic N) is 3. The molecule has 2 aromatic heterocycles. The lowest BCUT2D eigenvalue weighted by Crippen LogP contribution is -2.39. The number of piperidine rings is 1. The minimum atomic E-state index is -0.252. The first kappa shape index (κ1) is 17.4. The van der Waals surface area contributed by atoms with Crippen LogP contribution in [0.1, 0.15) is 46.3 Å². The van der Waals surface area contributed by atoms with Crippen molar-refractivity contribution >= 4 is 5.91 Å². The van der Waals surface area contributed by atoms with E-state index < -0.39 is 0 Å². The first-order chi connectivity index (χ1) is 13.2. The van der Waals surface area contributed by atoms with Gasteiger partial charge in [0.15, 0.2) is 5.89 Å². The summed E-state index contributed by atoms with van der Waals surface area (Å²) in [5.41, 5.74) is 1.57. The molecule has 5 nitrogen and oxygen atoms in total. The van der Waals surface area contributed by atoms with Gasteiger partial charge in [-0.1, -0.05) is 12.1 Å². The third-order valence-corrected chi connectivity index (χ3v) is 4.83. The summed E-state index contributed by atoms with van der Waals surface area (Å²) in [7, 11) is 0. The van der Waals surface area contributed by atoms with Gasteiger partial charge in [0.05, 0.1) is 17.7 Å². The van der Waals surface area contributed by atoms with E-state index in [1.807, 2.05) is 4.90 Å². The second-order valence-electron chi connectivity index (χ2n) is 6.80. The zero-order valence-corrected chi connectivity index (χ0v) is 14.8. The molecule has 1 atom stereocenters. The Hall–Kier alpha value is -3.02. The number of aromatic nitrogens is 2. The van der Waals surface area contributed by atoms with Gasteiger partial charge in [0, 0.05) is 31.9 Å². The van der Waals surface area contributed by atoms with Gasteiger partial charge in [-0.15, -0.1) is 0 Å². The standard InChI is InChI=1S/C21H20FN3O2/c22-18-7-5-15(6-8-18)11-19-13-24-20(27-19)17-4-2-10-25(14-17)21(26)16-3-1-9-23-12-16/h1,3,5-9,12-13,17H,2,4,10-11,14H2. The molecule has 1 amide bonds. The van der Waals surface area contributed by atoms with Crippen LogP contribution in [-0.4, -0.2) is 33.9 Å². The molecule has 4 rings (SSSR count). The van der Waals surface area contributed by atoms with Crippen LogP contribution in [0.3, 0.4) is 0 Å². The molecule has 0 saturated carbocycles. The minimum absolute atomic E-state index is 0.00843. The highest BCUT2D eigenvalue weighted by atomic mass is 19.1. The van der Waals surface area contributed by atoms with Crippen LogP contribution in [0.15, 0.2) is 59.4 Å². The Morgan fingerprint density at radius 1 is 1.22 bits per heavy atom. The molecule has 0 radical (unpaired) electrons. The van der Waals surface area contributed by atoms with Crippen LogP contribution >= 0.6 is 0 Å². The number of carbonyl (C=O) groups excluding carboxylic acids is 1. The van der Waals surface area contributed by atoms with Crippen molar-refractivity contribution in [1.29, 1.82) is 0 Å². The Balaban J connectivity index is 1.43. The second kappa shape index (κ2) is 7.70. The number of oxazole rings is 1. The smallest absolute Gasteiger partial charge is 0.255 e. The lowest BCUT2D eigenvalue weighted by molar-refractivity contribution is 0.0697. The summed E-state index contributed by atoms with van der Waals surface area (Å²) in [6.07, 6.45) is 7.39. The highest BCUT2D eigenvalue weighted by Crippen LogP contribution is 2.28. The third-order valence-electron chi connectivity index (χ3n) is 4.83. The van der Waals surface area contributed by atoms with E-state index in [0.29, 0.717) is 24.4 Å². The van der Waals surface area contributed by atoms with Crippen molar-refractivity contribution in [3.8, 4) is 0 Å². The first-order valence-corrected chi connectivity index (χ1v) is 9.07.